The zero-order valence-electron chi connectivity index (χ0n) is 15.4. The number of rotatable bonds is 5. The Balaban J connectivity index is 1.97. The molecule has 28 heavy (non-hydrogen) atoms. The molecule has 0 saturated carbocycles. The molecule has 0 N–H and O–H groups in total. The fourth-order valence-electron chi connectivity index (χ4n) is 3.23. The number of ether oxygens (including phenoxy) is 1. The van der Waals surface area contributed by atoms with E-state index in [1.165, 1.54) is 13.9 Å². The first-order valence-electron chi connectivity index (χ1n) is 8.88. The topological polar surface area (TPSA) is 58.2 Å². The molecule has 1 aromatic heterocycles. The van der Waals surface area contributed by atoms with Gasteiger partial charge < -0.3 is 4.74 Å². The van der Waals surface area contributed by atoms with Crippen molar-refractivity contribution in [1.82, 2.24) is 13.9 Å². The second kappa shape index (κ2) is 7.44. The fraction of sp³-hybridized carbons (Fsp3) is 0.0909. The van der Waals surface area contributed by atoms with Crippen LogP contribution < -0.4 is 16.1 Å². The summed E-state index contributed by atoms with van der Waals surface area (Å²) in [7, 11) is 1.58. The van der Waals surface area contributed by atoms with E-state index in [2.05, 4.69) is 0 Å². The molecule has 0 fully saturated rings. The van der Waals surface area contributed by atoms with E-state index in [-0.39, 0.29) is 6.54 Å². The van der Waals surface area contributed by atoms with E-state index >= 15 is 0 Å². The highest BCUT2D eigenvalue weighted by Crippen LogP contribution is 2.18. The summed E-state index contributed by atoms with van der Waals surface area (Å²) in [5.41, 5.74) is 1.13. The van der Waals surface area contributed by atoms with E-state index in [4.69, 9.17) is 4.74 Å². The van der Waals surface area contributed by atoms with Crippen molar-refractivity contribution in [3.05, 3.63) is 111 Å². The molecule has 6 nitrogen and oxygen atoms in total. The summed E-state index contributed by atoms with van der Waals surface area (Å²) in [5.74, 6) is 0.661. The molecule has 0 atom stereocenters. The largest absolute Gasteiger partial charge is 0.496 e. The van der Waals surface area contributed by atoms with Crippen LogP contribution in [0.1, 0.15) is 5.56 Å². The van der Waals surface area contributed by atoms with Crippen LogP contribution in [-0.2, 0) is 6.54 Å². The standard InChI is InChI=1S/C22H19N3O3/c1-28-20-15-9-8-10-17(20)16-23-21(26)24(18-11-4-2-5-12-18)22(27)25(23)19-13-6-3-7-14-19/h2-15H,16H2,1H3. The number of para-hydroxylation sites is 3. The number of hydrogen-bond donors (Lipinski definition) is 0. The van der Waals surface area contributed by atoms with Gasteiger partial charge in [-0.3, -0.25) is 0 Å². The van der Waals surface area contributed by atoms with Gasteiger partial charge in [-0.25, -0.2) is 18.8 Å². The van der Waals surface area contributed by atoms with Crippen LogP contribution in [0.3, 0.4) is 0 Å². The highest BCUT2D eigenvalue weighted by molar-refractivity contribution is 5.36. The van der Waals surface area contributed by atoms with Gasteiger partial charge in [-0.1, -0.05) is 54.6 Å². The summed E-state index contributed by atoms with van der Waals surface area (Å²) in [5, 5.41) is 0. The van der Waals surface area contributed by atoms with Crippen molar-refractivity contribution >= 4 is 0 Å². The SMILES string of the molecule is COc1ccccc1Cn1c(=O)n(-c2ccccc2)c(=O)n1-c1ccccc1. The zero-order chi connectivity index (χ0) is 19.5. The van der Waals surface area contributed by atoms with E-state index < -0.39 is 11.4 Å². The minimum absolute atomic E-state index is 0.201. The summed E-state index contributed by atoms with van der Waals surface area (Å²) in [6.07, 6.45) is 0. The first-order chi connectivity index (χ1) is 13.7. The van der Waals surface area contributed by atoms with Crippen LogP contribution in [0.5, 0.6) is 5.75 Å². The third kappa shape index (κ3) is 3.05. The minimum atomic E-state index is -0.419. The summed E-state index contributed by atoms with van der Waals surface area (Å²) < 4.78 is 9.44. The molecular weight excluding hydrogens is 354 g/mol. The zero-order valence-corrected chi connectivity index (χ0v) is 15.4. The van der Waals surface area contributed by atoms with Crippen LogP contribution in [0.15, 0.2) is 94.5 Å². The first kappa shape index (κ1) is 17.6. The number of aromatic nitrogens is 3. The highest BCUT2D eigenvalue weighted by atomic mass is 16.5. The molecule has 0 amide bonds. The van der Waals surface area contributed by atoms with E-state index in [0.717, 1.165) is 5.56 Å². The molecule has 0 radical (unpaired) electrons. The Morgan fingerprint density at radius 2 is 1.29 bits per heavy atom. The van der Waals surface area contributed by atoms with Gasteiger partial charge in [0, 0.05) is 5.56 Å². The Morgan fingerprint density at radius 3 is 1.93 bits per heavy atom. The third-order valence-electron chi connectivity index (χ3n) is 4.55. The number of benzene rings is 3. The molecule has 6 heteroatoms. The molecule has 0 aliphatic carbocycles. The summed E-state index contributed by atoms with van der Waals surface area (Å²) in [6.45, 7) is 0.201. The maximum atomic E-state index is 13.3. The quantitative estimate of drug-likeness (QED) is 0.541. The lowest BCUT2D eigenvalue weighted by molar-refractivity contribution is 0.405. The predicted octanol–water partition coefficient (Wildman–Crippen LogP) is 2.85. The van der Waals surface area contributed by atoms with Gasteiger partial charge in [0.1, 0.15) is 5.75 Å². The van der Waals surface area contributed by atoms with E-state index in [0.29, 0.717) is 17.1 Å². The van der Waals surface area contributed by atoms with Gasteiger partial charge in [0.15, 0.2) is 0 Å². The fourth-order valence-corrected chi connectivity index (χ4v) is 3.23. The molecule has 4 rings (SSSR count). The van der Waals surface area contributed by atoms with E-state index in [1.807, 2.05) is 48.5 Å². The number of hydrogen-bond acceptors (Lipinski definition) is 3. The average molecular weight is 373 g/mol. The molecule has 0 aliphatic heterocycles. The van der Waals surface area contributed by atoms with Crippen LogP contribution in [0.25, 0.3) is 11.4 Å². The lowest BCUT2D eigenvalue weighted by atomic mass is 10.2. The Labute approximate surface area is 161 Å². The Bertz CT molecular complexity index is 1210. The highest BCUT2D eigenvalue weighted by Gasteiger charge is 2.19. The minimum Gasteiger partial charge on any atom is -0.496 e. The summed E-state index contributed by atoms with van der Waals surface area (Å²) >= 11 is 0. The normalized spacial score (nSPS) is 10.8. The molecule has 0 unspecified atom stereocenters. The second-order valence-corrected chi connectivity index (χ2v) is 6.25. The first-order valence-corrected chi connectivity index (χ1v) is 8.88. The number of nitrogens with zero attached hydrogens (tertiary/aromatic N) is 3. The average Bonchev–Trinajstić information content (AvgIpc) is 2.99. The molecule has 0 aliphatic rings. The molecule has 3 aromatic carbocycles. The Morgan fingerprint density at radius 1 is 0.714 bits per heavy atom. The molecule has 1 heterocycles. The summed E-state index contributed by atoms with van der Waals surface area (Å²) in [6, 6.07) is 25.5. The second-order valence-electron chi connectivity index (χ2n) is 6.25. The molecule has 4 aromatic rings. The van der Waals surface area contributed by atoms with Crippen LogP contribution >= 0.6 is 0 Å². The van der Waals surface area contributed by atoms with Crippen LogP contribution in [0.4, 0.5) is 0 Å². The van der Waals surface area contributed by atoms with Crippen LogP contribution in [-0.4, -0.2) is 21.0 Å². The molecule has 0 saturated heterocycles. The maximum absolute atomic E-state index is 13.3. The monoisotopic (exact) mass is 373 g/mol. The van der Waals surface area contributed by atoms with Crippen molar-refractivity contribution in [2.75, 3.05) is 7.11 Å². The van der Waals surface area contributed by atoms with E-state index in [1.54, 1.807) is 43.5 Å². The maximum Gasteiger partial charge on any atom is 0.356 e. The van der Waals surface area contributed by atoms with Crippen molar-refractivity contribution in [2.45, 2.75) is 6.54 Å². The van der Waals surface area contributed by atoms with Gasteiger partial charge in [-0.05, 0) is 30.3 Å². The van der Waals surface area contributed by atoms with Gasteiger partial charge in [0.25, 0.3) is 0 Å². The van der Waals surface area contributed by atoms with Gasteiger partial charge in [-0.2, -0.15) is 4.68 Å². The summed E-state index contributed by atoms with van der Waals surface area (Å²) in [4.78, 5) is 26.5. The third-order valence-corrected chi connectivity index (χ3v) is 4.55. The molecule has 0 bridgehead atoms. The van der Waals surface area contributed by atoms with Crippen molar-refractivity contribution in [3.63, 3.8) is 0 Å². The van der Waals surface area contributed by atoms with Crippen molar-refractivity contribution in [2.24, 2.45) is 0 Å². The predicted molar refractivity (Wildman–Crippen MR) is 108 cm³/mol. The van der Waals surface area contributed by atoms with Gasteiger partial charge in [-0.15, -0.1) is 0 Å². The van der Waals surface area contributed by atoms with Gasteiger partial charge in [0.05, 0.1) is 25.0 Å². The smallest absolute Gasteiger partial charge is 0.356 e. The Kier molecular flexibility index (Phi) is 4.68. The number of methoxy groups -OCH3 is 1. The van der Waals surface area contributed by atoms with Crippen LogP contribution in [0.2, 0.25) is 0 Å². The van der Waals surface area contributed by atoms with Crippen molar-refractivity contribution < 1.29 is 4.74 Å². The Hall–Kier alpha value is -3.80. The lowest BCUT2D eigenvalue weighted by Crippen LogP contribution is -2.27. The van der Waals surface area contributed by atoms with Crippen molar-refractivity contribution in [3.8, 4) is 17.1 Å². The lowest BCUT2D eigenvalue weighted by Gasteiger charge is -2.12. The molecule has 140 valence electrons. The molecule has 0 spiro atoms. The van der Waals surface area contributed by atoms with Crippen molar-refractivity contribution in [1.29, 1.82) is 0 Å². The molecular formula is C22H19N3O3. The van der Waals surface area contributed by atoms with Gasteiger partial charge >= 0.3 is 11.4 Å². The van der Waals surface area contributed by atoms with E-state index in [9.17, 15) is 9.59 Å². The van der Waals surface area contributed by atoms with Crippen LogP contribution in [0, 0.1) is 0 Å². The van der Waals surface area contributed by atoms with Gasteiger partial charge in [0.2, 0.25) is 0 Å².